The lowest BCUT2D eigenvalue weighted by Crippen LogP contribution is -2.71. The molecule has 18 heteroatoms. The molecule has 3 aromatic rings. The molecule has 5 heterocycles. The van der Waals surface area contributed by atoms with E-state index in [0.29, 0.717) is 16.2 Å². The van der Waals surface area contributed by atoms with Crippen molar-refractivity contribution >= 4 is 84.3 Å². The number of nitrogens with zero attached hydrogens (tertiary/aromatic N) is 5. The van der Waals surface area contributed by atoms with Crippen molar-refractivity contribution < 1.29 is 33.7 Å². The molecule has 5 rings (SSSR count). The molecular formula is C22H21N9O6S3. The van der Waals surface area contributed by atoms with Gasteiger partial charge in [-0.25, -0.2) is 9.97 Å². The summed E-state index contributed by atoms with van der Waals surface area (Å²) in [5.74, 6) is -2.92. The van der Waals surface area contributed by atoms with Gasteiger partial charge in [0.2, 0.25) is 5.91 Å². The van der Waals surface area contributed by atoms with Gasteiger partial charge in [0.25, 0.3) is 11.8 Å². The maximum absolute atomic E-state index is 13.1. The lowest BCUT2D eigenvalue weighted by molar-refractivity contribution is -0.687. The predicted molar refractivity (Wildman–Crippen MR) is 145 cm³/mol. The van der Waals surface area contributed by atoms with Gasteiger partial charge in [-0.1, -0.05) is 16.5 Å². The molecule has 0 saturated carbocycles. The number of carboxylic acid groups (broad SMARTS) is 1. The topological polar surface area (TPSA) is 222 Å². The molecule has 1 fully saturated rings. The molecule has 0 spiro atoms. The predicted octanol–water partition coefficient (Wildman–Crippen LogP) is -2.03. The van der Waals surface area contributed by atoms with E-state index >= 15 is 0 Å². The van der Waals surface area contributed by atoms with E-state index in [1.165, 1.54) is 35.6 Å². The zero-order valence-corrected chi connectivity index (χ0v) is 23.1. The normalized spacial score (nSPS) is 18.8. The molecule has 0 aromatic carbocycles. The van der Waals surface area contributed by atoms with Crippen molar-refractivity contribution in [3.8, 4) is 0 Å². The van der Waals surface area contributed by atoms with Crippen LogP contribution in [0, 0.1) is 0 Å². The minimum atomic E-state index is -1.50. The van der Waals surface area contributed by atoms with Gasteiger partial charge < -0.3 is 36.8 Å². The summed E-state index contributed by atoms with van der Waals surface area (Å²) in [5, 5.41) is 22.6. The Morgan fingerprint density at radius 3 is 2.83 bits per heavy atom. The van der Waals surface area contributed by atoms with E-state index in [2.05, 4.69) is 25.8 Å². The molecule has 2 aliphatic rings. The number of nitrogens with two attached hydrogens (primary N) is 2. The number of anilines is 2. The van der Waals surface area contributed by atoms with Crippen molar-refractivity contribution in [2.45, 2.75) is 18.0 Å². The van der Waals surface area contributed by atoms with Crippen molar-refractivity contribution in [2.75, 3.05) is 30.5 Å². The van der Waals surface area contributed by atoms with Gasteiger partial charge in [-0.05, 0) is 0 Å². The SMILES string of the molecule is CO/N=C(/C(=O)NC1C(=O)N2C(C(=O)[O-])=C(C[n+]3ccc4sc(NC(=O)CN)nc4c3)CS[C@H]12)c1csc(N)n1. The first kappa shape index (κ1) is 27.4. The number of oxime groups is 1. The monoisotopic (exact) mass is 603 g/mol. The van der Waals surface area contributed by atoms with Crippen LogP contribution in [0.15, 0.2) is 40.3 Å². The Balaban J connectivity index is 1.33. The fraction of sp³-hybridized carbons (Fsp3) is 0.273. The maximum Gasteiger partial charge on any atom is 0.276 e. The first-order valence-corrected chi connectivity index (χ1v) is 14.3. The number of rotatable bonds is 9. The smallest absolute Gasteiger partial charge is 0.276 e. The van der Waals surface area contributed by atoms with Gasteiger partial charge in [0.05, 0.1) is 22.9 Å². The first-order valence-electron chi connectivity index (χ1n) is 11.5. The van der Waals surface area contributed by atoms with E-state index in [4.69, 9.17) is 16.3 Å². The number of carboxylic acids is 1. The lowest BCUT2D eigenvalue weighted by atomic mass is 10.0. The van der Waals surface area contributed by atoms with E-state index < -0.39 is 29.2 Å². The summed E-state index contributed by atoms with van der Waals surface area (Å²) >= 11 is 3.69. The number of thiazole rings is 2. The number of hydrogen-bond donors (Lipinski definition) is 4. The summed E-state index contributed by atoms with van der Waals surface area (Å²) in [6.07, 6.45) is 3.46. The molecule has 0 radical (unpaired) electrons. The molecular weight excluding hydrogens is 583 g/mol. The molecule has 40 heavy (non-hydrogen) atoms. The average Bonchev–Trinajstić information content (AvgIpc) is 3.54. The third kappa shape index (κ3) is 5.20. The zero-order chi connectivity index (χ0) is 28.6. The number of aliphatic carboxylic acids is 1. The molecule has 15 nitrogen and oxygen atoms in total. The van der Waals surface area contributed by atoms with Crippen LogP contribution in [0.2, 0.25) is 0 Å². The minimum absolute atomic E-state index is 0.150. The Bertz CT molecular complexity index is 1600. The number of fused-ring (bicyclic) bond motifs is 2. The first-order chi connectivity index (χ1) is 19.2. The highest BCUT2D eigenvalue weighted by Gasteiger charge is 2.53. The van der Waals surface area contributed by atoms with Crippen LogP contribution in [-0.4, -0.2) is 75.1 Å². The van der Waals surface area contributed by atoms with E-state index in [-0.39, 0.29) is 47.0 Å². The van der Waals surface area contributed by atoms with Gasteiger partial charge in [0.1, 0.15) is 29.7 Å². The molecule has 6 N–H and O–H groups in total. The summed E-state index contributed by atoms with van der Waals surface area (Å²) in [6.45, 7) is -0.0188. The highest BCUT2D eigenvalue weighted by molar-refractivity contribution is 8.00. The number of carbonyl (C=O) groups is 4. The number of carbonyl (C=O) groups excluding carboxylic acids is 4. The fourth-order valence-electron chi connectivity index (χ4n) is 4.16. The molecule has 2 atom stereocenters. The van der Waals surface area contributed by atoms with Gasteiger partial charge in [0, 0.05) is 22.8 Å². The van der Waals surface area contributed by atoms with Crippen molar-refractivity contribution in [3.63, 3.8) is 0 Å². The number of nitrogens with one attached hydrogen (secondary N) is 2. The minimum Gasteiger partial charge on any atom is -0.543 e. The second kappa shape index (κ2) is 11.2. The van der Waals surface area contributed by atoms with Gasteiger partial charge >= 0.3 is 0 Å². The highest BCUT2D eigenvalue weighted by Crippen LogP contribution is 2.40. The zero-order valence-electron chi connectivity index (χ0n) is 20.7. The third-order valence-corrected chi connectivity index (χ3v) is 8.85. The van der Waals surface area contributed by atoms with Crippen molar-refractivity contribution in [1.29, 1.82) is 0 Å². The molecule has 3 aromatic heterocycles. The molecule has 1 unspecified atom stereocenters. The van der Waals surface area contributed by atoms with Gasteiger partial charge in [-0.15, -0.1) is 23.1 Å². The molecule has 208 valence electrons. The fourth-order valence-corrected chi connectivity index (χ4v) is 6.89. The van der Waals surface area contributed by atoms with E-state index in [1.54, 1.807) is 23.0 Å². The van der Waals surface area contributed by atoms with Crippen LogP contribution < -0.4 is 31.8 Å². The maximum atomic E-state index is 13.1. The second-order valence-electron chi connectivity index (χ2n) is 8.43. The van der Waals surface area contributed by atoms with Crippen molar-refractivity contribution in [3.05, 3.63) is 40.8 Å². The van der Waals surface area contributed by atoms with Crippen LogP contribution in [0.3, 0.4) is 0 Å². The molecule has 2 aliphatic heterocycles. The Kier molecular flexibility index (Phi) is 7.66. The van der Waals surface area contributed by atoms with Gasteiger partial charge in [-0.3, -0.25) is 19.3 Å². The largest absolute Gasteiger partial charge is 0.543 e. The van der Waals surface area contributed by atoms with Crippen LogP contribution in [0.5, 0.6) is 0 Å². The number of amides is 3. The number of pyridine rings is 1. The standard InChI is InChI=1S/C22H21N9O6S3/c1-37-29-14(11-8-39-21(24)25-11)17(33)28-15-18(34)31-16(20(35)36)9(7-38-19(15)31)5-30-3-2-12-10(6-30)26-22(40-12)27-13(32)4-23/h2-3,6,8,15,19H,4-5,7,23H2,1H3,(H4-,24,25,26,27,28,32,33,35,36)/b29-14+/t15?,19-/m1/s1. The number of hydrogen-bond acceptors (Lipinski definition) is 14. The lowest BCUT2D eigenvalue weighted by Gasteiger charge is -2.50. The van der Waals surface area contributed by atoms with Crippen molar-refractivity contribution in [1.82, 2.24) is 20.2 Å². The highest BCUT2D eigenvalue weighted by atomic mass is 32.2. The summed E-state index contributed by atoms with van der Waals surface area (Å²) in [4.78, 5) is 64.0. The number of aromatic nitrogens is 3. The number of nitrogen functional groups attached to an aromatic ring is 1. The molecule has 3 amide bonds. The van der Waals surface area contributed by atoms with Crippen LogP contribution >= 0.6 is 34.4 Å². The van der Waals surface area contributed by atoms with Crippen molar-refractivity contribution in [2.24, 2.45) is 10.9 Å². The molecule has 0 aliphatic carbocycles. The van der Waals surface area contributed by atoms with E-state index in [0.717, 1.165) is 20.9 Å². The second-order valence-corrected chi connectivity index (χ2v) is 11.5. The van der Waals surface area contributed by atoms with Crippen LogP contribution in [0.25, 0.3) is 10.2 Å². The Morgan fingerprint density at radius 2 is 2.15 bits per heavy atom. The van der Waals surface area contributed by atoms with Crippen LogP contribution in [-0.2, 0) is 30.6 Å². The summed E-state index contributed by atoms with van der Waals surface area (Å²) in [7, 11) is 1.26. The average molecular weight is 604 g/mol. The number of thioether (sulfide) groups is 1. The van der Waals surface area contributed by atoms with Gasteiger partial charge in [0.15, 0.2) is 34.9 Å². The van der Waals surface area contributed by atoms with Crippen LogP contribution in [0.4, 0.5) is 10.3 Å². The molecule has 0 bridgehead atoms. The summed E-state index contributed by atoms with van der Waals surface area (Å²) < 4.78 is 2.54. The quantitative estimate of drug-likeness (QED) is 0.0904. The third-order valence-electron chi connectivity index (χ3n) is 5.88. The van der Waals surface area contributed by atoms with Crippen LogP contribution in [0.1, 0.15) is 5.69 Å². The molecule has 1 saturated heterocycles. The van der Waals surface area contributed by atoms with E-state index in [9.17, 15) is 24.3 Å². The van der Waals surface area contributed by atoms with Gasteiger partial charge in [-0.2, -0.15) is 4.57 Å². The number of β-lactam (4-membered cyclic amide) rings is 1. The Hall–Kier alpha value is -4.13. The Labute approximate surface area is 237 Å². The Morgan fingerprint density at radius 1 is 1.35 bits per heavy atom. The summed E-state index contributed by atoms with van der Waals surface area (Å²) in [5.41, 5.74) is 11.8. The van der Waals surface area contributed by atoms with E-state index in [1.807, 2.05) is 0 Å². The summed E-state index contributed by atoms with van der Waals surface area (Å²) in [6, 6.07) is 0.797.